The van der Waals surface area contributed by atoms with Crippen LogP contribution in [0, 0.1) is 0 Å². The molecule has 110 valence electrons. The summed E-state index contributed by atoms with van der Waals surface area (Å²) in [5.74, 6) is 3.25. The van der Waals surface area contributed by atoms with E-state index in [1.165, 1.54) is 12.8 Å². The summed E-state index contributed by atoms with van der Waals surface area (Å²) in [7, 11) is 0. The second kappa shape index (κ2) is 6.43. The summed E-state index contributed by atoms with van der Waals surface area (Å²) in [6.45, 7) is 3.08. The SMILES string of the molecule is CCCNc1cc(Nc2cccc(Br)c2)nc(C2CC2)n1. The molecule has 0 radical (unpaired) electrons. The summed E-state index contributed by atoms with van der Waals surface area (Å²) in [4.78, 5) is 9.27. The van der Waals surface area contributed by atoms with Gasteiger partial charge in [-0.15, -0.1) is 0 Å². The van der Waals surface area contributed by atoms with E-state index in [2.05, 4.69) is 43.5 Å². The van der Waals surface area contributed by atoms with Crippen LogP contribution in [0.4, 0.5) is 17.3 Å². The van der Waals surface area contributed by atoms with Crippen molar-refractivity contribution in [2.45, 2.75) is 32.1 Å². The van der Waals surface area contributed by atoms with Crippen LogP contribution in [0.1, 0.15) is 37.9 Å². The molecule has 1 aromatic heterocycles. The molecule has 1 saturated carbocycles. The van der Waals surface area contributed by atoms with E-state index in [1.807, 2.05) is 30.3 Å². The van der Waals surface area contributed by atoms with Gasteiger partial charge in [-0.2, -0.15) is 0 Å². The standard InChI is InChI=1S/C16H19BrN4/c1-2-8-18-14-10-15(21-16(20-14)11-6-7-11)19-13-5-3-4-12(17)9-13/h3-5,9-11H,2,6-8H2,1H3,(H2,18,19,20,21). The number of anilines is 3. The Morgan fingerprint density at radius 2 is 2.00 bits per heavy atom. The van der Waals surface area contributed by atoms with Crippen LogP contribution in [-0.2, 0) is 0 Å². The van der Waals surface area contributed by atoms with Crippen LogP contribution in [0.2, 0.25) is 0 Å². The Labute approximate surface area is 133 Å². The van der Waals surface area contributed by atoms with Gasteiger partial charge in [0.15, 0.2) is 0 Å². The van der Waals surface area contributed by atoms with Gasteiger partial charge < -0.3 is 10.6 Å². The molecule has 0 spiro atoms. The van der Waals surface area contributed by atoms with Crippen LogP contribution in [0.15, 0.2) is 34.8 Å². The molecule has 4 nitrogen and oxygen atoms in total. The summed E-state index contributed by atoms with van der Waals surface area (Å²) < 4.78 is 1.05. The lowest BCUT2D eigenvalue weighted by atomic mass is 10.3. The van der Waals surface area contributed by atoms with Gasteiger partial charge in [0.25, 0.3) is 0 Å². The number of nitrogens with zero attached hydrogens (tertiary/aromatic N) is 2. The molecular formula is C16H19BrN4. The van der Waals surface area contributed by atoms with Crippen molar-refractivity contribution in [3.8, 4) is 0 Å². The van der Waals surface area contributed by atoms with Crippen LogP contribution in [0.3, 0.4) is 0 Å². The topological polar surface area (TPSA) is 49.8 Å². The lowest BCUT2D eigenvalue weighted by Gasteiger charge is -2.11. The number of hydrogen-bond acceptors (Lipinski definition) is 4. The number of aromatic nitrogens is 2. The maximum Gasteiger partial charge on any atom is 0.136 e. The van der Waals surface area contributed by atoms with E-state index in [9.17, 15) is 0 Å². The molecule has 5 heteroatoms. The van der Waals surface area contributed by atoms with Gasteiger partial charge in [0.2, 0.25) is 0 Å². The molecule has 0 saturated heterocycles. The van der Waals surface area contributed by atoms with Crippen molar-refractivity contribution in [1.82, 2.24) is 9.97 Å². The van der Waals surface area contributed by atoms with E-state index in [0.29, 0.717) is 5.92 Å². The van der Waals surface area contributed by atoms with Gasteiger partial charge in [-0.25, -0.2) is 9.97 Å². The Balaban J connectivity index is 1.84. The minimum Gasteiger partial charge on any atom is -0.370 e. The Morgan fingerprint density at radius 1 is 1.19 bits per heavy atom. The second-order valence-electron chi connectivity index (χ2n) is 5.33. The highest BCUT2D eigenvalue weighted by Crippen LogP contribution is 2.39. The molecule has 1 aromatic carbocycles. The van der Waals surface area contributed by atoms with Crippen LogP contribution in [-0.4, -0.2) is 16.5 Å². The van der Waals surface area contributed by atoms with Gasteiger partial charge in [0, 0.05) is 28.7 Å². The molecule has 0 bridgehead atoms. The Bertz CT molecular complexity index is 625. The highest BCUT2D eigenvalue weighted by atomic mass is 79.9. The molecule has 0 unspecified atom stereocenters. The highest BCUT2D eigenvalue weighted by molar-refractivity contribution is 9.10. The molecule has 2 aromatic rings. The predicted molar refractivity (Wildman–Crippen MR) is 90.2 cm³/mol. The molecule has 21 heavy (non-hydrogen) atoms. The van der Waals surface area contributed by atoms with Crippen molar-refractivity contribution < 1.29 is 0 Å². The Kier molecular flexibility index (Phi) is 4.39. The van der Waals surface area contributed by atoms with Gasteiger partial charge in [-0.3, -0.25) is 0 Å². The zero-order chi connectivity index (χ0) is 14.7. The second-order valence-corrected chi connectivity index (χ2v) is 6.25. The van der Waals surface area contributed by atoms with Crippen LogP contribution < -0.4 is 10.6 Å². The van der Waals surface area contributed by atoms with E-state index in [1.54, 1.807) is 0 Å². The molecule has 1 fully saturated rings. The molecule has 2 N–H and O–H groups in total. The predicted octanol–water partition coefficient (Wildman–Crippen LogP) is 4.68. The van der Waals surface area contributed by atoms with Gasteiger partial charge in [-0.1, -0.05) is 28.9 Å². The average Bonchev–Trinajstić information content (AvgIpc) is 3.29. The van der Waals surface area contributed by atoms with Crippen molar-refractivity contribution >= 4 is 33.3 Å². The van der Waals surface area contributed by atoms with E-state index in [0.717, 1.165) is 40.6 Å². The molecular weight excluding hydrogens is 328 g/mol. The van der Waals surface area contributed by atoms with Crippen LogP contribution in [0.5, 0.6) is 0 Å². The summed E-state index contributed by atoms with van der Waals surface area (Å²) in [5, 5.41) is 6.72. The third kappa shape index (κ3) is 3.94. The van der Waals surface area contributed by atoms with Crippen LogP contribution >= 0.6 is 15.9 Å². The number of halogens is 1. The summed E-state index contributed by atoms with van der Waals surface area (Å²) in [6, 6.07) is 10.1. The number of nitrogens with one attached hydrogen (secondary N) is 2. The first-order chi connectivity index (χ1) is 10.2. The zero-order valence-electron chi connectivity index (χ0n) is 12.1. The first-order valence-electron chi connectivity index (χ1n) is 7.40. The van der Waals surface area contributed by atoms with Crippen molar-refractivity contribution in [1.29, 1.82) is 0 Å². The van der Waals surface area contributed by atoms with E-state index in [-0.39, 0.29) is 0 Å². The largest absolute Gasteiger partial charge is 0.370 e. The van der Waals surface area contributed by atoms with Gasteiger partial charge >= 0.3 is 0 Å². The maximum absolute atomic E-state index is 4.65. The third-order valence-electron chi connectivity index (χ3n) is 3.34. The highest BCUT2D eigenvalue weighted by Gasteiger charge is 2.27. The summed E-state index contributed by atoms with van der Waals surface area (Å²) in [6.07, 6.45) is 3.48. The quantitative estimate of drug-likeness (QED) is 0.796. The summed E-state index contributed by atoms with van der Waals surface area (Å²) >= 11 is 3.49. The van der Waals surface area contributed by atoms with Crippen molar-refractivity contribution in [3.05, 3.63) is 40.6 Å². The third-order valence-corrected chi connectivity index (χ3v) is 3.83. The first kappa shape index (κ1) is 14.3. The van der Waals surface area contributed by atoms with Gasteiger partial charge in [0.05, 0.1) is 0 Å². The number of benzene rings is 1. The number of rotatable bonds is 6. The van der Waals surface area contributed by atoms with Gasteiger partial charge in [-0.05, 0) is 37.5 Å². The first-order valence-corrected chi connectivity index (χ1v) is 8.19. The van der Waals surface area contributed by atoms with Crippen molar-refractivity contribution in [2.24, 2.45) is 0 Å². The fourth-order valence-electron chi connectivity index (χ4n) is 2.11. The van der Waals surface area contributed by atoms with Crippen molar-refractivity contribution in [3.63, 3.8) is 0 Å². The van der Waals surface area contributed by atoms with E-state index >= 15 is 0 Å². The molecule has 3 rings (SSSR count). The molecule has 0 amide bonds. The van der Waals surface area contributed by atoms with Crippen molar-refractivity contribution in [2.75, 3.05) is 17.2 Å². The smallest absolute Gasteiger partial charge is 0.136 e. The normalized spacial score (nSPS) is 14.0. The molecule has 0 aliphatic heterocycles. The fourth-order valence-corrected chi connectivity index (χ4v) is 2.51. The van der Waals surface area contributed by atoms with Crippen LogP contribution in [0.25, 0.3) is 0 Å². The minimum atomic E-state index is 0.538. The molecule has 1 aliphatic carbocycles. The maximum atomic E-state index is 4.65. The molecule has 0 atom stereocenters. The van der Waals surface area contributed by atoms with Gasteiger partial charge in [0.1, 0.15) is 17.5 Å². The zero-order valence-corrected chi connectivity index (χ0v) is 13.7. The fraction of sp³-hybridized carbons (Fsp3) is 0.375. The minimum absolute atomic E-state index is 0.538. The molecule has 1 aliphatic rings. The van der Waals surface area contributed by atoms with E-state index < -0.39 is 0 Å². The molecule has 1 heterocycles. The number of hydrogen-bond donors (Lipinski definition) is 2. The monoisotopic (exact) mass is 346 g/mol. The lowest BCUT2D eigenvalue weighted by Crippen LogP contribution is -2.06. The average molecular weight is 347 g/mol. The Hall–Kier alpha value is -1.62. The summed E-state index contributed by atoms with van der Waals surface area (Å²) in [5.41, 5.74) is 1.02. The Morgan fingerprint density at radius 3 is 2.71 bits per heavy atom. The lowest BCUT2D eigenvalue weighted by molar-refractivity contribution is 0.911. The van der Waals surface area contributed by atoms with E-state index in [4.69, 9.17) is 0 Å².